The number of nitrogens with zero attached hydrogens (tertiary/aromatic N) is 1. The Hall–Kier alpha value is -1.67. The summed E-state index contributed by atoms with van der Waals surface area (Å²) in [5.74, 6) is -0.415. The van der Waals surface area contributed by atoms with Gasteiger partial charge in [-0.1, -0.05) is 24.6 Å². The minimum absolute atomic E-state index is 0. The van der Waals surface area contributed by atoms with E-state index in [2.05, 4.69) is 9.72 Å². The molecule has 1 atom stereocenters. The van der Waals surface area contributed by atoms with Crippen LogP contribution in [0, 0.1) is 5.92 Å². The first-order valence-electron chi connectivity index (χ1n) is 7.92. The van der Waals surface area contributed by atoms with E-state index < -0.39 is 23.9 Å². The van der Waals surface area contributed by atoms with Crippen molar-refractivity contribution in [2.75, 3.05) is 0 Å². The Kier molecular flexibility index (Phi) is 6.29. The molecule has 2 aromatic rings. The molecular formula is C18H18BrF4NO2. The summed E-state index contributed by atoms with van der Waals surface area (Å²) in [6.07, 6.45) is -2.68. The molecule has 1 heterocycles. The number of pyridine rings is 1. The van der Waals surface area contributed by atoms with Gasteiger partial charge in [0.2, 0.25) is 0 Å². The van der Waals surface area contributed by atoms with Gasteiger partial charge in [-0.3, -0.25) is 4.98 Å². The fourth-order valence-electron chi connectivity index (χ4n) is 3.03. The van der Waals surface area contributed by atoms with Crippen LogP contribution in [0.1, 0.15) is 30.4 Å². The maximum atomic E-state index is 13.0. The summed E-state index contributed by atoms with van der Waals surface area (Å²) >= 11 is 0. The van der Waals surface area contributed by atoms with E-state index in [1.54, 1.807) is 24.5 Å². The molecule has 1 unspecified atom stereocenters. The number of benzene rings is 1. The molecule has 0 bridgehead atoms. The van der Waals surface area contributed by atoms with Crippen molar-refractivity contribution < 1.29 is 27.4 Å². The number of aliphatic hydroxyl groups is 1. The van der Waals surface area contributed by atoms with Crippen LogP contribution in [0.3, 0.4) is 0 Å². The summed E-state index contributed by atoms with van der Waals surface area (Å²) in [4.78, 5) is 4.04. The van der Waals surface area contributed by atoms with Crippen molar-refractivity contribution in [2.45, 2.75) is 37.4 Å². The predicted molar refractivity (Wildman–Crippen MR) is 92.9 cm³/mol. The van der Waals surface area contributed by atoms with Crippen molar-refractivity contribution in [3.05, 3.63) is 59.9 Å². The quantitative estimate of drug-likeness (QED) is 0.653. The van der Waals surface area contributed by atoms with E-state index in [0.717, 1.165) is 31.4 Å². The highest BCUT2D eigenvalue weighted by atomic mass is 79.9. The number of aromatic nitrogens is 1. The van der Waals surface area contributed by atoms with Gasteiger partial charge in [0.25, 0.3) is 0 Å². The summed E-state index contributed by atoms with van der Waals surface area (Å²) in [5.41, 5.74) is -0.222. The number of ether oxygens (including phenoxy) is 1. The van der Waals surface area contributed by atoms with Gasteiger partial charge in [0.15, 0.2) is 0 Å². The van der Waals surface area contributed by atoms with Crippen molar-refractivity contribution in [2.24, 2.45) is 5.92 Å². The number of halogens is 5. The number of hydrogen-bond donors (Lipinski definition) is 1. The monoisotopic (exact) mass is 435 g/mol. The molecule has 1 fully saturated rings. The maximum Gasteiger partial charge on any atom is 0.461 e. The van der Waals surface area contributed by atoms with Crippen LogP contribution in [0.5, 0.6) is 5.75 Å². The largest absolute Gasteiger partial charge is 0.461 e. The van der Waals surface area contributed by atoms with E-state index in [9.17, 15) is 22.7 Å². The fraction of sp³-hybridized carbons (Fsp3) is 0.389. The molecule has 1 aliphatic carbocycles. The molecule has 1 saturated carbocycles. The van der Waals surface area contributed by atoms with Crippen LogP contribution in [0.2, 0.25) is 0 Å². The van der Waals surface area contributed by atoms with E-state index in [1.165, 1.54) is 12.1 Å². The molecule has 1 aliphatic rings. The van der Waals surface area contributed by atoms with Crippen LogP contribution < -0.4 is 4.74 Å². The second-order valence-electron chi connectivity index (χ2n) is 6.12. The van der Waals surface area contributed by atoms with Gasteiger partial charge in [-0.2, -0.15) is 17.6 Å². The maximum absolute atomic E-state index is 13.0. The lowest BCUT2D eigenvalue weighted by Gasteiger charge is -2.42. The third-order valence-electron chi connectivity index (χ3n) is 4.60. The smallest absolute Gasteiger partial charge is 0.428 e. The van der Waals surface area contributed by atoms with Gasteiger partial charge in [0, 0.05) is 18.0 Å². The number of hydrogen-bond acceptors (Lipinski definition) is 3. The molecule has 3 rings (SSSR count). The molecule has 1 N–H and O–H groups in total. The fourth-order valence-corrected chi connectivity index (χ4v) is 3.03. The predicted octanol–water partition coefficient (Wildman–Crippen LogP) is 4.93. The van der Waals surface area contributed by atoms with Gasteiger partial charge in [0.05, 0.1) is 0 Å². The van der Waals surface area contributed by atoms with Crippen molar-refractivity contribution in [1.29, 1.82) is 0 Å². The zero-order valence-corrected chi connectivity index (χ0v) is 15.3. The normalized spacial score (nSPS) is 17.2. The van der Waals surface area contributed by atoms with Gasteiger partial charge in [-0.25, -0.2) is 0 Å². The lowest BCUT2D eigenvalue weighted by atomic mass is 9.67. The average molecular weight is 436 g/mol. The second kappa shape index (κ2) is 7.92. The summed E-state index contributed by atoms with van der Waals surface area (Å²) in [6.45, 7) is 0. The highest BCUT2D eigenvalue weighted by molar-refractivity contribution is 8.93. The number of rotatable bonds is 6. The van der Waals surface area contributed by atoms with Crippen molar-refractivity contribution >= 4 is 17.0 Å². The van der Waals surface area contributed by atoms with Crippen molar-refractivity contribution in [3.63, 3.8) is 0 Å². The molecule has 142 valence electrons. The molecule has 8 heteroatoms. The van der Waals surface area contributed by atoms with E-state index in [-0.39, 0.29) is 22.9 Å². The highest BCUT2D eigenvalue weighted by Gasteiger charge is 2.45. The highest BCUT2D eigenvalue weighted by Crippen LogP contribution is 2.46. The van der Waals surface area contributed by atoms with E-state index in [4.69, 9.17) is 0 Å². The van der Waals surface area contributed by atoms with Gasteiger partial charge < -0.3 is 9.84 Å². The Morgan fingerprint density at radius 3 is 2.19 bits per heavy atom. The van der Waals surface area contributed by atoms with Gasteiger partial charge in [-0.15, -0.1) is 17.0 Å². The third-order valence-corrected chi connectivity index (χ3v) is 4.60. The van der Waals surface area contributed by atoms with E-state index in [1.807, 2.05) is 0 Å². The molecule has 0 radical (unpaired) electrons. The first kappa shape index (κ1) is 20.6. The number of alkyl halides is 4. The molecular weight excluding hydrogens is 418 g/mol. The van der Waals surface area contributed by atoms with Gasteiger partial charge in [0.1, 0.15) is 11.4 Å². The second-order valence-corrected chi connectivity index (χ2v) is 6.12. The Bertz CT molecular complexity index is 711. The third kappa shape index (κ3) is 3.86. The summed E-state index contributed by atoms with van der Waals surface area (Å²) < 4.78 is 54.5. The Labute approximate surface area is 158 Å². The SMILES string of the molecule is Br.OC(c1ccc(OC(F)(F)C(F)F)cc1)(c1cccnc1)C1CCC1. The van der Waals surface area contributed by atoms with Gasteiger partial charge >= 0.3 is 12.5 Å². The van der Waals surface area contributed by atoms with Crippen molar-refractivity contribution in [1.82, 2.24) is 4.98 Å². The van der Waals surface area contributed by atoms with Crippen LogP contribution in [-0.4, -0.2) is 22.6 Å². The van der Waals surface area contributed by atoms with Crippen LogP contribution in [-0.2, 0) is 5.60 Å². The van der Waals surface area contributed by atoms with Crippen molar-refractivity contribution in [3.8, 4) is 5.75 Å². The zero-order valence-electron chi connectivity index (χ0n) is 13.6. The first-order valence-corrected chi connectivity index (χ1v) is 7.92. The van der Waals surface area contributed by atoms with Crippen LogP contribution in [0.25, 0.3) is 0 Å². The summed E-state index contributed by atoms with van der Waals surface area (Å²) in [7, 11) is 0. The molecule has 3 nitrogen and oxygen atoms in total. The molecule has 0 spiro atoms. The lowest BCUT2D eigenvalue weighted by molar-refractivity contribution is -0.253. The summed E-state index contributed by atoms with van der Waals surface area (Å²) in [6, 6.07) is 8.61. The zero-order chi connectivity index (χ0) is 18.1. The minimum atomic E-state index is -4.56. The average Bonchev–Trinajstić information content (AvgIpc) is 2.54. The van der Waals surface area contributed by atoms with E-state index >= 15 is 0 Å². The van der Waals surface area contributed by atoms with Crippen LogP contribution >= 0.6 is 17.0 Å². The summed E-state index contributed by atoms with van der Waals surface area (Å²) in [5, 5.41) is 11.3. The van der Waals surface area contributed by atoms with E-state index in [0.29, 0.717) is 11.1 Å². The molecule has 0 aliphatic heterocycles. The standard InChI is InChI=1S/C18H17F4NO2.BrH/c19-16(20)18(21,22)25-15-8-6-13(7-9-15)17(24,12-3-1-4-12)14-5-2-10-23-11-14;/h2,5-12,16,24H,1,3-4H2;1H. The molecule has 1 aromatic carbocycles. The Balaban J connectivity index is 0.00000243. The molecule has 0 saturated heterocycles. The van der Waals surface area contributed by atoms with Gasteiger partial charge in [-0.05, 0) is 42.5 Å². The molecule has 26 heavy (non-hydrogen) atoms. The lowest BCUT2D eigenvalue weighted by Crippen LogP contribution is -2.40. The topological polar surface area (TPSA) is 42.4 Å². The Morgan fingerprint density at radius 2 is 1.73 bits per heavy atom. The van der Waals surface area contributed by atoms with Crippen LogP contribution in [0.4, 0.5) is 17.6 Å². The molecule has 0 amide bonds. The first-order chi connectivity index (χ1) is 11.8. The van der Waals surface area contributed by atoms with Crippen LogP contribution in [0.15, 0.2) is 48.8 Å². The molecule has 1 aromatic heterocycles. The Morgan fingerprint density at radius 1 is 1.08 bits per heavy atom. The minimum Gasteiger partial charge on any atom is -0.428 e.